The molecule has 0 aliphatic heterocycles. The Morgan fingerprint density at radius 2 is 1.50 bits per heavy atom. The van der Waals surface area contributed by atoms with Crippen LogP contribution in [0.5, 0.6) is 0 Å². The summed E-state index contributed by atoms with van der Waals surface area (Å²) >= 11 is 0. The highest BCUT2D eigenvalue weighted by molar-refractivity contribution is 4.77. The third-order valence-electron chi connectivity index (χ3n) is 5.45. The van der Waals surface area contributed by atoms with Gasteiger partial charge in [0.25, 0.3) is 0 Å². The van der Waals surface area contributed by atoms with Gasteiger partial charge in [-0.2, -0.15) is 0 Å². The molecule has 0 spiro atoms. The van der Waals surface area contributed by atoms with E-state index in [1.807, 2.05) is 0 Å². The Balaban J connectivity index is 4.17. The SMILES string of the molecule is CCCCC(C)(C)C(C)CCC(CC)C(C)CC. The Bertz CT molecular complexity index is 192. The van der Waals surface area contributed by atoms with Crippen molar-refractivity contribution in [3.05, 3.63) is 0 Å². The Kier molecular flexibility index (Phi) is 8.99. The normalized spacial score (nSPS) is 17.5. The summed E-state index contributed by atoms with van der Waals surface area (Å²) in [5.74, 6) is 2.71. The van der Waals surface area contributed by atoms with Gasteiger partial charge in [0, 0.05) is 0 Å². The van der Waals surface area contributed by atoms with Crippen molar-refractivity contribution >= 4 is 0 Å². The molecule has 18 heavy (non-hydrogen) atoms. The van der Waals surface area contributed by atoms with Crippen molar-refractivity contribution in [1.82, 2.24) is 0 Å². The number of hydrogen-bond acceptors (Lipinski definition) is 0. The molecule has 0 fully saturated rings. The van der Waals surface area contributed by atoms with Gasteiger partial charge < -0.3 is 0 Å². The van der Waals surface area contributed by atoms with Crippen molar-refractivity contribution in [1.29, 1.82) is 0 Å². The van der Waals surface area contributed by atoms with Crippen molar-refractivity contribution in [2.45, 2.75) is 93.4 Å². The first kappa shape index (κ1) is 18.0. The molecule has 0 aromatic carbocycles. The standard InChI is InChI=1S/C18H38/c1-8-11-14-18(6,7)16(5)12-13-17(10-3)15(4)9-2/h15-17H,8-14H2,1-7H3. The van der Waals surface area contributed by atoms with Gasteiger partial charge in [-0.3, -0.25) is 0 Å². The van der Waals surface area contributed by atoms with Crippen molar-refractivity contribution in [2.24, 2.45) is 23.2 Å². The summed E-state index contributed by atoms with van der Waals surface area (Å²) in [5, 5.41) is 0. The lowest BCUT2D eigenvalue weighted by Gasteiger charge is -2.33. The van der Waals surface area contributed by atoms with Gasteiger partial charge in [0.15, 0.2) is 0 Å². The maximum absolute atomic E-state index is 2.47. The first-order valence-corrected chi connectivity index (χ1v) is 8.38. The van der Waals surface area contributed by atoms with Crippen LogP contribution in [0.3, 0.4) is 0 Å². The van der Waals surface area contributed by atoms with E-state index < -0.39 is 0 Å². The topological polar surface area (TPSA) is 0 Å². The van der Waals surface area contributed by atoms with Gasteiger partial charge in [-0.05, 0) is 42.4 Å². The summed E-state index contributed by atoms with van der Waals surface area (Å²) in [5.41, 5.74) is 0.532. The van der Waals surface area contributed by atoms with E-state index in [2.05, 4.69) is 48.5 Å². The second-order valence-corrected chi connectivity index (χ2v) is 7.12. The minimum atomic E-state index is 0.532. The van der Waals surface area contributed by atoms with Crippen LogP contribution in [0.15, 0.2) is 0 Å². The lowest BCUT2D eigenvalue weighted by Crippen LogP contribution is -2.23. The minimum Gasteiger partial charge on any atom is -0.0654 e. The Hall–Kier alpha value is 0. The first-order chi connectivity index (χ1) is 8.38. The highest BCUT2D eigenvalue weighted by atomic mass is 14.3. The van der Waals surface area contributed by atoms with E-state index in [9.17, 15) is 0 Å². The van der Waals surface area contributed by atoms with E-state index in [1.54, 1.807) is 0 Å². The Morgan fingerprint density at radius 1 is 0.889 bits per heavy atom. The summed E-state index contributed by atoms with van der Waals surface area (Å²) in [6.45, 7) is 16.8. The van der Waals surface area contributed by atoms with Crippen LogP contribution in [0.25, 0.3) is 0 Å². The molecule has 0 heterocycles. The lowest BCUT2D eigenvalue weighted by molar-refractivity contribution is 0.174. The van der Waals surface area contributed by atoms with E-state index in [0.29, 0.717) is 5.41 Å². The predicted molar refractivity (Wildman–Crippen MR) is 84.9 cm³/mol. The number of hydrogen-bond donors (Lipinski definition) is 0. The molecule has 0 aliphatic carbocycles. The molecule has 0 saturated carbocycles. The third kappa shape index (κ3) is 6.25. The number of unbranched alkanes of at least 4 members (excludes halogenated alkanes) is 1. The van der Waals surface area contributed by atoms with E-state index in [-0.39, 0.29) is 0 Å². The monoisotopic (exact) mass is 254 g/mol. The maximum Gasteiger partial charge on any atom is -0.0329 e. The Morgan fingerprint density at radius 3 is 1.94 bits per heavy atom. The maximum atomic E-state index is 2.47. The summed E-state index contributed by atoms with van der Waals surface area (Å²) < 4.78 is 0. The van der Waals surface area contributed by atoms with Crippen molar-refractivity contribution in [2.75, 3.05) is 0 Å². The molecule has 0 heteroatoms. The number of rotatable bonds is 10. The van der Waals surface area contributed by atoms with Gasteiger partial charge in [-0.1, -0.05) is 74.1 Å². The highest BCUT2D eigenvalue weighted by Gasteiger charge is 2.26. The molecular weight excluding hydrogens is 216 g/mol. The third-order valence-corrected chi connectivity index (χ3v) is 5.45. The molecule has 0 aromatic heterocycles. The van der Waals surface area contributed by atoms with Crippen molar-refractivity contribution in [3.63, 3.8) is 0 Å². The molecular formula is C18H38. The molecule has 0 nitrogen and oxygen atoms in total. The van der Waals surface area contributed by atoms with Gasteiger partial charge in [-0.25, -0.2) is 0 Å². The van der Waals surface area contributed by atoms with Crippen molar-refractivity contribution < 1.29 is 0 Å². The second-order valence-electron chi connectivity index (χ2n) is 7.12. The molecule has 110 valence electrons. The summed E-state index contributed by atoms with van der Waals surface area (Å²) in [6, 6.07) is 0. The predicted octanol–water partition coefficient (Wildman–Crippen LogP) is 6.69. The average molecular weight is 255 g/mol. The summed E-state index contributed by atoms with van der Waals surface area (Å²) in [4.78, 5) is 0. The van der Waals surface area contributed by atoms with Crippen LogP contribution in [0, 0.1) is 23.2 Å². The molecule has 3 atom stereocenters. The smallest absolute Gasteiger partial charge is 0.0329 e. The quantitative estimate of drug-likeness (QED) is 0.407. The summed E-state index contributed by atoms with van der Waals surface area (Å²) in [6.07, 6.45) is 9.66. The molecule has 3 unspecified atom stereocenters. The van der Waals surface area contributed by atoms with Gasteiger partial charge in [-0.15, -0.1) is 0 Å². The lowest BCUT2D eigenvalue weighted by atomic mass is 9.72. The molecule has 0 aromatic rings. The largest absolute Gasteiger partial charge is 0.0654 e. The summed E-state index contributed by atoms with van der Waals surface area (Å²) in [7, 11) is 0. The molecule has 0 radical (unpaired) electrons. The highest BCUT2D eigenvalue weighted by Crippen LogP contribution is 2.37. The molecule has 0 amide bonds. The van der Waals surface area contributed by atoms with Crippen LogP contribution < -0.4 is 0 Å². The second kappa shape index (κ2) is 8.99. The van der Waals surface area contributed by atoms with Crippen LogP contribution in [0.4, 0.5) is 0 Å². The van der Waals surface area contributed by atoms with Crippen LogP contribution in [-0.4, -0.2) is 0 Å². The zero-order valence-corrected chi connectivity index (χ0v) is 14.2. The van der Waals surface area contributed by atoms with Gasteiger partial charge in [0.05, 0.1) is 0 Å². The van der Waals surface area contributed by atoms with E-state index in [1.165, 1.54) is 44.9 Å². The molecule has 0 rings (SSSR count). The van der Waals surface area contributed by atoms with Crippen LogP contribution in [0.2, 0.25) is 0 Å². The fraction of sp³-hybridized carbons (Fsp3) is 1.00. The van der Waals surface area contributed by atoms with Crippen molar-refractivity contribution in [3.8, 4) is 0 Å². The zero-order valence-electron chi connectivity index (χ0n) is 14.2. The molecule has 0 saturated heterocycles. The van der Waals surface area contributed by atoms with E-state index >= 15 is 0 Å². The fourth-order valence-electron chi connectivity index (χ4n) is 2.96. The fourth-order valence-corrected chi connectivity index (χ4v) is 2.96. The Labute approximate surface area is 117 Å². The van der Waals surface area contributed by atoms with Crippen LogP contribution in [-0.2, 0) is 0 Å². The molecule has 0 bridgehead atoms. The molecule has 0 aliphatic rings. The molecule has 0 N–H and O–H groups in total. The van der Waals surface area contributed by atoms with Gasteiger partial charge in [0.2, 0.25) is 0 Å². The van der Waals surface area contributed by atoms with E-state index in [0.717, 1.165) is 17.8 Å². The minimum absolute atomic E-state index is 0.532. The average Bonchev–Trinajstić information content (AvgIpc) is 2.36. The first-order valence-electron chi connectivity index (χ1n) is 8.38. The van der Waals surface area contributed by atoms with Gasteiger partial charge >= 0.3 is 0 Å². The zero-order chi connectivity index (χ0) is 14.2. The van der Waals surface area contributed by atoms with Gasteiger partial charge in [0.1, 0.15) is 0 Å². The van der Waals surface area contributed by atoms with Crippen LogP contribution >= 0.6 is 0 Å². The van der Waals surface area contributed by atoms with E-state index in [4.69, 9.17) is 0 Å². The van der Waals surface area contributed by atoms with Crippen LogP contribution in [0.1, 0.15) is 93.4 Å².